The second-order valence-corrected chi connectivity index (χ2v) is 9.79. The van der Waals surface area contributed by atoms with E-state index in [1.54, 1.807) is 0 Å². The summed E-state index contributed by atoms with van der Waals surface area (Å²) in [5.74, 6) is -1.05. The molecule has 2 N–H and O–H groups in total. The number of nitrogens with one attached hydrogen (secondary N) is 1. The van der Waals surface area contributed by atoms with E-state index in [1.165, 1.54) is 42.0 Å². The van der Waals surface area contributed by atoms with Gasteiger partial charge in [0.1, 0.15) is 10.8 Å². The molecule has 4 rings (SSSR count). The maximum absolute atomic E-state index is 13.1. The number of carboxylic acids is 1. The monoisotopic (exact) mass is 480 g/mol. The lowest BCUT2D eigenvalue weighted by Gasteiger charge is -2.12. The molecule has 3 aromatic carbocycles. The molecule has 7 nitrogen and oxygen atoms in total. The van der Waals surface area contributed by atoms with Gasteiger partial charge < -0.3 is 9.84 Å². The maximum atomic E-state index is 13.1. The molecule has 0 saturated heterocycles. The van der Waals surface area contributed by atoms with Crippen LogP contribution in [0.3, 0.4) is 0 Å². The molecule has 168 valence electrons. The first-order valence-electron chi connectivity index (χ1n) is 9.79. The molecule has 0 bridgehead atoms. The van der Waals surface area contributed by atoms with Crippen molar-refractivity contribution in [3.05, 3.63) is 77.7 Å². The van der Waals surface area contributed by atoms with E-state index in [2.05, 4.69) is 16.3 Å². The number of nitrogens with zero attached hydrogens (tertiary/aromatic N) is 1. The Morgan fingerprint density at radius 3 is 2.61 bits per heavy atom. The van der Waals surface area contributed by atoms with Gasteiger partial charge in [-0.1, -0.05) is 48.6 Å². The van der Waals surface area contributed by atoms with Gasteiger partial charge >= 0.3 is 5.97 Å². The molecule has 1 heterocycles. The number of ether oxygens (including phenoxy) is 1. The highest BCUT2D eigenvalue weighted by molar-refractivity contribution is 7.92. The molecule has 9 heteroatoms. The SMILES string of the molecule is C=C(C)c1ccc2ccccc2c1-c1nc(S(=O)(=O)Nc2ccc(C(=O)O)cc2OC)cs1. The molecule has 0 spiro atoms. The summed E-state index contributed by atoms with van der Waals surface area (Å²) in [5, 5.41) is 13.0. The Morgan fingerprint density at radius 2 is 1.91 bits per heavy atom. The van der Waals surface area contributed by atoms with Gasteiger partial charge in [0.2, 0.25) is 0 Å². The number of rotatable bonds is 7. The van der Waals surface area contributed by atoms with E-state index in [1.807, 2.05) is 43.3 Å². The molecule has 0 radical (unpaired) electrons. The zero-order valence-electron chi connectivity index (χ0n) is 17.8. The van der Waals surface area contributed by atoms with E-state index in [9.17, 15) is 13.2 Å². The molecule has 0 fully saturated rings. The Hall–Kier alpha value is -3.69. The van der Waals surface area contributed by atoms with Gasteiger partial charge in [-0.2, -0.15) is 8.42 Å². The van der Waals surface area contributed by atoms with E-state index in [0.717, 1.165) is 27.5 Å². The van der Waals surface area contributed by atoms with Gasteiger partial charge in [-0.15, -0.1) is 11.3 Å². The number of aromatic nitrogens is 1. The lowest BCUT2D eigenvalue weighted by molar-refractivity contribution is 0.0696. The first-order chi connectivity index (χ1) is 15.7. The van der Waals surface area contributed by atoms with Gasteiger partial charge in [-0.25, -0.2) is 9.78 Å². The van der Waals surface area contributed by atoms with Crippen molar-refractivity contribution in [3.8, 4) is 16.3 Å². The topological polar surface area (TPSA) is 106 Å². The lowest BCUT2D eigenvalue weighted by atomic mass is 9.96. The lowest BCUT2D eigenvalue weighted by Crippen LogP contribution is -2.14. The van der Waals surface area contributed by atoms with Crippen LogP contribution in [0.5, 0.6) is 5.75 Å². The highest BCUT2D eigenvalue weighted by atomic mass is 32.2. The van der Waals surface area contributed by atoms with Crippen LogP contribution in [0, 0.1) is 0 Å². The van der Waals surface area contributed by atoms with E-state index < -0.39 is 16.0 Å². The normalized spacial score (nSPS) is 11.3. The minimum absolute atomic E-state index is 0.0194. The Bertz CT molecular complexity index is 1510. The van der Waals surface area contributed by atoms with E-state index >= 15 is 0 Å². The number of sulfonamides is 1. The summed E-state index contributed by atoms with van der Waals surface area (Å²) in [6.45, 7) is 5.96. The Kier molecular flexibility index (Phi) is 5.92. The third kappa shape index (κ3) is 4.33. The van der Waals surface area contributed by atoms with E-state index in [0.29, 0.717) is 5.01 Å². The molecule has 0 aliphatic rings. The highest BCUT2D eigenvalue weighted by Gasteiger charge is 2.23. The summed E-state index contributed by atoms with van der Waals surface area (Å²) in [6, 6.07) is 15.7. The molecule has 4 aromatic rings. The van der Waals surface area contributed by atoms with Crippen molar-refractivity contribution in [3.63, 3.8) is 0 Å². The Balaban J connectivity index is 1.76. The number of carboxylic acid groups (broad SMARTS) is 1. The second-order valence-electron chi connectivity index (χ2n) is 7.31. The number of allylic oxidation sites excluding steroid dienone is 1. The molecule has 0 saturated carbocycles. The summed E-state index contributed by atoms with van der Waals surface area (Å²) in [5.41, 5.74) is 2.66. The van der Waals surface area contributed by atoms with Crippen molar-refractivity contribution in [1.82, 2.24) is 4.98 Å². The van der Waals surface area contributed by atoms with Crippen molar-refractivity contribution in [1.29, 1.82) is 0 Å². The molecular weight excluding hydrogens is 460 g/mol. The zero-order valence-corrected chi connectivity index (χ0v) is 19.5. The maximum Gasteiger partial charge on any atom is 0.335 e. The fourth-order valence-electron chi connectivity index (χ4n) is 3.46. The molecule has 33 heavy (non-hydrogen) atoms. The summed E-state index contributed by atoms with van der Waals surface area (Å²) >= 11 is 1.22. The molecule has 0 atom stereocenters. The molecule has 1 aromatic heterocycles. The van der Waals surface area contributed by atoms with Crippen LogP contribution < -0.4 is 9.46 Å². The number of carbonyl (C=O) groups is 1. The number of benzene rings is 3. The number of hydrogen-bond acceptors (Lipinski definition) is 6. The van der Waals surface area contributed by atoms with Crippen LogP contribution in [0.2, 0.25) is 0 Å². The van der Waals surface area contributed by atoms with Crippen LogP contribution in [-0.2, 0) is 10.0 Å². The van der Waals surface area contributed by atoms with Gasteiger partial charge in [-0.05, 0) is 41.5 Å². The van der Waals surface area contributed by atoms with Gasteiger partial charge in [0.25, 0.3) is 10.0 Å². The predicted molar refractivity (Wildman–Crippen MR) is 131 cm³/mol. The summed E-state index contributed by atoms with van der Waals surface area (Å²) < 4.78 is 33.7. The van der Waals surface area contributed by atoms with Crippen molar-refractivity contribution < 1.29 is 23.1 Å². The van der Waals surface area contributed by atoms with E-state index in [4.69, 9.17) is 9.84 Å². The summed E-state index contributed by atoms with van der Waals surface area (Å²) in [6.07, 6.45) is 0. The first kappa shape index (κ1) is 22.5. The number of aromatic carboxylic acids is 1. The number of hydrogen-bond donors (Lipinski definition) is 2. The largest absolute Gasteiger partial charge is 0.495 e. The van der Waals surface area contributed by atoms with Crippen molar-refractivity contribution >= 4 is 49.4 Å². The van der Waals surface area contributed by atoms with Gasteiger partial charge in [0.05, 0.1) is 18.4 Å². The molecule has 0 amide bonds. The number of fused-ring (bicyclic) bond motifs is 1. The second kappa shape index (κ2) is 8.68. The van der Waals surface area contributed by atoms with Gasteiger partial charge in [0.15, 0.2) is 5.03 Å². The molecule has 0 aliphatic carbocycles. The van der Waals surface area contributed by atoms with Gasteiger partial charge in [0, 0.05) is 10.9 Å². The average molecular weight is 481 g/mol. The fourth-order valence-corrected chi connectivity index (χ4v) is 5.70. The zero-order chi connectivity index (χ0) is 23.8. The Labute approximate surface area is 195 Å². The molecule has 0 unspecified atom stereocenters. The molecular formula is C24H20N2O5S2. The third-order valence-corrected chi connectivity index (χ3v) is 7.31. The minimum Gasteiger partial charge on any atom is -0.495 e. The van der Waals surface area contributed by atoms with Crippen LogP contribution in [0.15, 0.2) is 71.6 Å². The van der Waals surface area contributed by atoms with Crippen LogP contribution >= 0.6 is 11.3 Å². The Morgan fingerprint density at radius 1 is 1.15 bits per heavy atom. The standard InChI is InChI=1S/C24H20N2O5S2/c1-14(2)17-10-8-15-6-4-5-7-18(15)22(17)23-25-21(13-32-23)33(29,30)26-19-11-9-16(24(27)28)12-20(19)31-3/h4-13,26H,1H2,2-3H3,(H,27,28). The van der Waals surface area contributed by atoms with E-state index in [-0.39, 0.29) is 22.0 Å². The van der Waals surface area contributed by atoms with Gasteiger partial charge in [-0.3, -0.25) is 4.72 Å². The minimum atomic E-state index is -4.05. The number of thiazole rings is 1. The average Bonchev–Trinajstić information content (AvgIpc) is 3.29. The summed E-state index contributed by atoms with van der Waals surface area (Å²) in [4.78, 5) is 15.6. The van der Waals surface area contributed by atoms with Crippen LogP contribution in [0.4, 0.5) is 5.69 Å². The quantitative estimate of drug-likeness (QED) is 0.362. The first-order valence-corrected chi connectivity index (χ1v) is 12.1. The van der Waals surface area contributed by atoms with Crippen LogP contribution in [-0.4, -0.2) is 31.6 Å². The smallest absolute Gasteiger partial charge is 0.335 e. The van der Waals surface area contributed by atoms with Crippen molar-refractivity contribution in [2.45, 2.75) is 11.9 Å². The van der Waals surface area contributed by atoms with Crippen LogP contribution in [0.1, 0.15) is 22.8 Å². The number of methoxy groups -OCH3 is 1. The predicted octanol–water partition coefficient (Wildman–Crippen LogP) is 5.50. The molecule has 0 aliphatic heterocycles. The number of anilines is 1. The summed E-state index contributed by atoms with van der Waals surface area (Å²) in [7, 11) is -2.72. The van der Waals surface area contributed by atoms with Crippen LogP contribution in [0.25, 0.3) is 26.9 Å². The fraction of sp³-hybridized carbons (Fsp3) is 0.0833. The third-order valence-electron chi connectivity index (χ3n) is 5.05. The highest BCUT2D eigenvalue weighted by Crippen LogP contribution is 2.38. The van der Waals surface area contributed by atoms with Crippen molar-refractivity contribution in [2.75, 3.05) is 11.8 Å². The van der Waals surface area contributed by atoms with Crippen molar-refractivity contribution in [2.24, 2.45) is 0 Å².